The lowest BCUT2D eigenvalue weighted by Gasteiger charge is -2.03. The van der Waals surface area contributed by atoms with Crippen LogP contribution in [0.5, 0.6) is 0 Å². The molecule has 4 nitrogen and oxygen atoms in total. The van der Waals surface area contributed by atoms with Crippen LogP contribution in [-0.2, 0) is 4.74 Å². The molecule has 2 aromatic rings. The lowest BCUT2D eigenvalue weighted by atomic mass is 10.4. The van der Waals surface area contributed by atoms with E-state index >= 15 is 0 Å². The highest BCUT2D eigenvalue weighted by Gasteiger charge is 2.23. The normalized spacial score (nSPS) is 10.8. The molecule has 0 unspecified atom stereocenters. The van der Waals surface area contributed by atoms with Crippen molar-refractivity contribution in [1.82, 2.24) is 9.38 Å². The van der Waals surface area contributed by atoms with Gasteiger partial charge in [0, 0.05) is 6.20 Å². The summed E-state index contributed by atoms with van der Waals surface area (Å²) >= 11 is 3.10. The molecule has 0 aliphatic rings. The van der Waals surface area contributed by atoms with Crippen molar-refractivity contribution >= 4 is 27.4 Å². The van der Waals surface area contributed by atoms with Crippen molar-refractivity contribution in [2.75, 3.05) is 6.61 Å². The van der Waals surface area contributed by atoms with Crippen LogP contribution in [0.3, 0.4) is 0 Å². The van der Waals surface area contributed by atoms with Crippen LogP contribution in [0, 0.1) is 12.7 Å². The molecule has 0 amide bonds. The van der Waals surface area contributed by atoms with Crippen molar-refractivity contribution in [3.05, 3.63) is 34.1 Å². The van der Waals surface area contributed by atoms with Crippen LogP contribution in [0.15, 0.2) is 16.9 Å². The van der Waals surface area contributed by atoms with Crippen LogP contribution in [-0.4, -0.2) is 22.0 Å². The van der Waals surface area contributed by atoms with E-state index in [4.69, 9.17) is 4.74 Å². The highest BCUT2D eigenvalue weighted by Crippen LogP contribution is 2.27. The largest absolute Gasteiger partial charge is 0.461 e. The van der Waals surface area contributed by atoms with Crippen LogP contribution in [0.1, 0.15) is 23.1 Å². The van der Waals surface area contributed by atoms with E-state index in [9.17, 15) is 9.18 Å². The molecule has 90 valence electrons. The number of halogens is 2. The molecule has 17 heavy (non-hydrogen) atoms. The van der Waals surface area contributed by atoms with Crippen LogP contribution in [0.2, 0.25) is 0 Å². The zero-order chi connectivity index (χ0) is 12.6. The Kier molecular flexibility index (Phi) is 3.15. The smallest absolute Gasteiger partial charge is 0.358 e. The summed E-state index contributed by atoms with van der Waals surface area (Å²) in [7, 11) is 0. The van der Waals surface area contributed by atoms with Gasteiger partial charge in [0.2, 0.25) is 0 Å². The number of fused-ring (bicyclic) bond motifs is 1. The quantitative estimate of drug-likeness (QED) is 0.801. The van der Waals surface area contributed by atoms with Gasteiger partial charge in [0.15, 0.2) is 11.5 Å². The fraction of sp³-hybridized carbons (Fsp3) is 0.273. The van der Waals surface area contributed by atoms with Crippen molar-refractivity contribution < 1.29 is 13.9 Å². The van der Waals surface area contributed by atoms with Crippen LogP contribution in [0.25, 0.3) is 5.52 Å². The fourth-order valence-corrected chi connectivity index (χ4v) is 2.05. The topological polar surface area (TPSA) is 43.6 Å². The maximum atomic E-state index is 13.9. The zero-order valence-electron chi connectivity index (χ0n) is 9.33. The third-order valence-corrected chi connectivity index (χ3v) is 3.06. The third-order valence-electron chi connectivity index (χ3n) is 2.30. The SMILES string of the molecule is CCOC(=O)c1c(F)c(Br)c2cnc(C)cn12. The molecule has 6 heteroatoms. The second-order valence-electron chi connectivity index (χ2n) is 3.48. The van der Waals surface area contributed by atoms with Crippen molar-refractivity contribution in [3.63, 3.8) is 0 Å². The van der Waals surface area contributed by atoms with E-state index < -0.39 is 11.8 Å². The predicted octanol–water partition coefficient (Wildman–Crippen LogP) is 2.72. The summed E-state index contributed by atoms with van der Waals surface area (Å²) in [6, 6.07) is 0. The van der Waals surface area contributed by atoms with Crippen LogP contribution in [0.4, 0.5) is 4.39 Å². The standard InChI is InChI=1S/C11H10BrFN2O2/c1-3-17-11(16)10-9(13)8(12)7-4-14-6(2)5-15(7)10/h4-5H,3H2,1-2H3. The number of hydrogen-bond donors (Lipinski definition) is 0. The molecular formula is C11H10BrFN2O2. The maximum Gasteiger partial charge on any atom is 0.358 e. The average Bonchev–Trinajstić information content (AvgIpc) is 2.51. The number of nitrogens with zero attached hydrogens (tertiary/aromatic N) is 2. The monoisotopic (exact) mass is 300 g/mol. The van der Waals surface area contributed by atoms with E-state index in [0.29, 0.717) is 11.2 Å². The molecule has 0 aliphatic carbocycles. The lowest BCUT2D eigenvalue weighted by Crippen LogP contribution is -2.10. The summed E-state index contributed by atoms with van der Waals surface area (Å²) in [6.07, 6.45) is 3.10. The highest BCUT2D eigenvalue weighted by molar-refractivity contribution is 9.10. The Morgan fingerprint density at radius 1 is 1.65 bits per heavy atom. The molecule has 0 spiro atoms. The first kappa shape index (κ1) is 12.0. The molecule has 2 heterocycles. The van der Waals surface area contributed by atoms with Crippen LogP contribution >= 0.6 is 15.9 Å². The first-order chi connectivity index (χ1) is 8.06. The minimum Gasteiger partial charge on any atom is -0.461 e. The zero-order valence-corrected chi connectivity index (χ0v) is 10.9. The summed E-state index contributed by atoms with van der Waals surface area (Å²) in [5, 5.41) is 0. The number of hydrogen-bond acceptors (Lipinski definition) is 3. The van der Waals surface area contributed by atoms with Gasteiger partial charge < -0.3 is 9.14 Å². The molecule has 0 atom stereocenters. The Labute approximate surface area is 106 Å². The number of aryl methyl sites for hydroxylation is 1. The molecular weight excluding hydrogens is 291 g/mol. The van der Waals surface area contributed by atoms with Crippen molar-refractivity contribution in [2.24, 2.45) is 0 Å². The summed E-state index contributed by atoms with van der Waals surface area (Å²) in [6.45, 7) is 3.64. The Morgan fingerprint density at radius 2 is 2.35 bits per heavy atom. The second-order valence-corrected chi connectivity index (χ2v) is 4.27. The van der Waals surface area contributed by atoms with E-state index in [1.807, 2.05) is 0 Å². The van der Waals surface area contributed by atoms with Gasteiger partial charge in [-0.1, -0.05) is 0 Å². The van der Waals surface area contributed by atoms with E-state index in [1.54, 1.807) is 20.0 Å². The van der Waals surface area contributed by atoms with Crippen molar-refractivity contribution in [1.29, 1.82) is 0 Å². The van der Waals surface area contributed by atoms with Crippen LogP contribution < -0.4 is 0 Å². The van der Waals surface area contributed by atoms with Gasteiger partial charge in [-0.25, -0.2) is 9.18 Å². The summed E-state index contributed by atoms with van der Waals surface area (Å²) in [5.74, 6) is -1.31. The Morgan fingerprint density at radius 3 is 3.00 bits per heavy atom. The first-order valence-corrected chi connectivity index (χ1v) is 5.84. The number of rotatable bonds is 2. The fourth-order valence-electron chi connectivity index (χ4n) is 1.57. The van der Waals surface area contributed by atoms with Crippen molar-refractivity contribution in [2.45, 2.75) is 13.8 Å². The molecule has 0 aromatic carbocycles. The van der Waals surface area contributed by atoms with E-state index in [0.717, 1.165) is 0 Å². The number of aromatic nitrogens is 2. The minimum absolute atomic E-state index is 0.112. The number of esters is 1. The van der Waals surface area contributed by atoms with Gasteiger partial charge in [-0.3, -0.25) is 4.98 Å². The molecule has 0 bridgehead atoms. The Hall–Kier alpha value is -1.43. The molecule has 0 aliphatic heterocycles. The predicted molar refractivity (Wildman–Crippen MR) is 63.5 cm³/mol. The third kappa shape index (κ3) is 1.93. The second kappa shape index (κ2) is 4.44. The molecule has 0 saturated carbocycles. The van der Waals surface area contributed by atoms with Gasteiger partial charge in [-0.2, -0.15) is 0 Å². The number of carbonyl (C=O) groups excluding carboxylic acids is 1. The minimum atomic E-state index is -0.684. The molecule has 2 rings (SSSR count). The van der Waals surface area contributed by atoms with Gasteiger partial charge in [0.1, 0.15) is 0 Å². The lowest BCUT2D eigenvalue weighted by molar-refractivity contribution is 0.0513. The Balaban J connectivity index is 2.72. The van der Waals surface area contributed by atoms with E-state index in [1.165, 1.54) is 10.6 Å². The molecule has 0 radical (unpaired) electrons. The molecule has 0 saturated heterocycles. The average molecular weight is 301 g/mol. The summed E-state index contributed by atoms with van der Waals surface area (Å²) in [4.78, 5) is 15.7. The number of ether oxygens (including phenoxy) is 1. The number of carbonyl (C=O) groups is 1. The molecule has 2 aromatic heterocycles. The van der Waals surface area contributed by atoms with E-state index in [-0.39, 0.29) is 16.8 Å². The summed E-state index contributed by atoms with van der Waals surface area (Å²) in [5.41, 5.74) is 1.07. The van der Waals surface area contributed by atoms with Crippen molar-refractivity contribution in [3.8, 4) is 0 Å². The highest BCUT2D eigenvalue weighted by atomic mass is 79.9. The van der Waals surface area contributed by atoms with Gasteiger partial charge in [-0.15, -0.1) is 0 Å². The first-order valence-electron chi connectivity index (χ1n) is 5.05. The Bertz CT molecular complexity index is 595. The molecule has 0 N–H and O–H groups in total. The van der Waals surface area contributed by atoms with Gasteiger partial charge in [0.25, 0.3) is 0 Å². The summed E-state index contributed by atoms with van der Waals surface area (Å²) < 4.78 is 20.4. The maximum absolute atomic E-state index is 13.9. The van der Waals surface area contributed by atoms with Gasteiger partial charge >= 0.3 is 5.97 Å². The molecule has 0 fully saturated rings. The van der Waals surface area contributed by atoms with E-state index in [2.05, 4.69) is 20.9 Å². The van der Waals surface area contributed by atoms with Gasteiger partial charge in [0.05, 0.1) is 28.5 Å². The van der Waals surface area contributed by atoms with Gasteiger partial charge in [-0.05, 0) is 29.8 Å².